The van der Waals surface area contributed by atoms with E-state index in [1.165, 1.54) is 0 Å². The lowest BCUT2D eigenvalue weighted by atomic mass is 10.0. The first-order valence-electron chi connectivity index (χ1n) is 9.85. The number of hydrogen-bond acceptors (Lipinski definition) is 3. The lowest BCUT2D eigenvalue weighted by Crippen LogP contribution is -2.36. The summed E-state index contributed by atoms with van der Waals surface area (Å²) in [7, 11) is 1.63. The molecular formula is C24H24N2O3. The lowest BCUT2D eigenvalue weighted by Gasteiger charge is -2.25. The van der Waals surface area contributed by atoms with Gasteiger partial charge in [0.25, 0.3) is 11.5 Å². The maximum atomic E-state index is 13.3. The Morgan fingerprint density at radius 3 is 2.69 bits per heavy atom. The number of benzene rings is 2. The zero-order valence-corrected chi connectivity index (χ0v) is 16.5. The van der Waals surface area contributed by atoms with Crippen LogP contribution in [0.15, 0.2) is 77.7 Å². The van der Waals surface area contributed by atoms with Crippen molar-refractivity contribution in [1.29, 1.82) is 0 Å². The first-order chi connectivity index (χ1) is 14.2. The van der Waals surface area contributed by atoms with Gasteiger partial charge < -0.3 is 14.2 Å². The van der Waals surface area contributed by atoms with E-state index in [0.717, 1.165) is 29.7 Å². The summed E-state index contributed by atoms with van der Waals surface area (Å²) < 4.78 is 6.93. The van der Waals surface area contributed by atoms with Gasteiger partial charge in [0.2, 0.25) is 0 Å². The number of carbonyl (C=O) groups is 1. The Hall–Kier alpha value is -3.34. The molecule has 1 unspecified atom stereocenters. The van der Waals surface area contributed by atoms with Gasteiger partial charge in [0.15, 0.2) is 0 Å². The lowest BCUT2D eigenvalue weighted by molar-refractivity contribution is 0.0733. The van der Waals surface area contributed by atoms with Crippen LogP contribution in [0, 0.1) is 0 Å². The molecule has 0 N–H and O–H groups in total. The second kappa shape index (κ2) is 8.35. The van der Waals surface area contributed by atoms with Gasteiger partial charge in [-0.2, -0.15) is 0 Å². The van der Waals surface area contributed by atoms with E-state index in [0.29, 0.717) is 13.1 Å². The summed E-state index contributed by atoms with van der Waals surface area (Å²) in [4.78, 5) is 28.1. The van der Waals surface area contributed by atoms with E-state index in [2.05, 4.69) is 0 Å². The van der Waals surface area contributed by atoms with Gasteiger partial charge in [0, 0.05) is 12.7 Å². The number of aromatic nitrogens is 1. The van der Waals surface area contributed by atoms with E-state index in [4.69, 9.17) is 4.74 Å². The Kier molecular flexibility index (Phi) is 5.47. The van der Waals surface area contributed by atoms with Gasteiger partial charge in [0.05, 0.1) is 19.7 Å². The Labute approximate surface area is 170 Å². The summed E-state index contributed by atoms with van der Waals surface area (Å²) in [5.41, 5.74) is 2.03. The normalized spacial score (nSPS) is 16.0. The molecule has 1 aromatic heterocycles. The number of ether oxygens (including phenoxy) is 1. The molecule has 0 bridgehead atoms. The van der Waals surface area contributed by atoms with E-state index in [-0.39, 0.29) is 23.1 Å². The average molecular weight is 388 g/mol. The summed E-state index contributed by atoms with van der Waals surface area (Å²) in [6, 6.07) is 20.9. The highest BCUT2D eigenvalue weighted by atomic mass is 16.5. The molecule has 1 aliphatic heterocycles. The van der Waals surface area contributed by atoms with Gasteiger partial charge in [-0.25, -0.2) is 0 Å². The van der Waals surface area contributed by atoms with Gasteiger partial charge >= 0.3 is 0 Å². The largest absolute Gasteiger partial charge is 0.497 e. The number of methoxy groups -OCH3 is 1. The minimum absolute atomic E-state index is 0.0419. The quantitative estimate of drug-likeness (QED) is 0.666. The van der Waals surface area contributed by atoms with Crippen LogP contribution in [-0.4, -0.2) is 29.0 Å². The third-order valence-electron chi connectivity index (χ3n) is 5.44. The number of carbonyl (C=O) groups excluding carboxylic acids is 1. The van der Waals surface area contributed by atoms with Crippen molar-refractivity contribution in [2.45, 2.75) is 25.4 Å². The fourth-order valence-corrected chi connectivity index (χ4v) is 3.96. The van der Waals surface area contributed by atoms with Crippen LogP contribution in [0.3, 0.4) is 0 Å². The third kappa shape index (κ3) is 3.94. The third-order valence-corrected chi connectivity index (χ3v) is 5.44. The van der Waals surface area contributed by atoms with Crippen molar-refractivity contribution in [3.63, 3.8) is 0 Å². The summed E-state index contributed by atoms with van der Waals surface area (Å²) >= 11 is 0. The maximum Gasteiger partial charge on any atom is 0.263 e. The van der Waals surface area contributed by atoms with Gasteiger partial charge in [-0.05, 0) is 48.2 Å². The molecule has 2 heterocycles. The molecule has 0 saturated carbocycles. The monoisotopic (exact) mass is 388 g/mol. The summed E-state index contributed by atoms with van der Waals surface area (Å²) in [6.07, 6.45) is 3.53. The SMILES string of the molecule is COc1cccc(C2CCCN2C(=O)c2cccn(Cc3ccccc3)c2=O)c1. The molecule has 148 valence electrons. The number of hydrogen-bond donors (Lipinski definition) is 0. The molecule has 0 spiro atoms. The number of nitrogens with zero attached hydrogens (tertiary/aromatic N) is 2. The van der Waals surface area contributed by atoms with E-state index in [1.807, 2.05) is 59.5 Å². The smallest absolute Gasteiger partial charge is 0.263 e. The van der Waals surface area contributed by atoms with Crippen molar-refractivity contribution < 1.29 is 9.53 Å². The van der Waals surface area contributed by atoms with Crippen LogP contribution >= 0.6 is 0 Å². The molecule has 5 nitrogen and oxygen atoms in total. The standard InChI is InChI=1S/C24H24N2O3/c1-29-20-11-5-10-19(16-20)22-13-7-15-26(22)24(28)21-12-6-14-25(23(21)27)17-18-8-3-2-4-9-18/h2-6,8-12,14,16,22H,7,13,15,17H2,1H3. The minimum atomic E-state index is -0.252. The number of likely N-dealkylation sites (tertiary alicyclic amines) is 1. The predicted octanol–water partition coefficient (Wildman–Crippen LogP) is 3.88. The number of pyridine rings is 1. The van der Waals surface area contributed by atoms with Crippen LogP contribution in [0.4, 0.5) is 0 Å². The van der Waals surface area contributed by atoms with Gasteiger partial charge in [-0.3, -0.25) is 9.59 Å². The molecule has 2 aromatic carbocycles. The zero-order valence-electron chi connectivity index (χ0n) is 16.5. The topological polar surface area (TPSA) is 51.5 Å². The first kappa shape index (κ1) is 19.0. The van der Waals surface area contributed by atoms with Crippen LogP contribution in [0.2, 0.25) is 0 Å². The van der Waals surface area contributed by atoms with Gasteiger partial charge in [-0.1, -0.05) is 42.5 Å². The molecular weight excluding hydrogens is 364 g/mol. The average Bonchev–Trinajstić information content (AvgIpc) is 3.25. The van der Waals surface area contributed by atoms with Crippen LogP contribution in [0.5, 0.6) is 5.75 Å². The Morgan fingerprint density at radius 1 is 1.07 bits per heavy atom. The highest BCUT2D eigenvalue weighted by Crippen LogP contribution is 2.34. The van der Waals surface area contributed by atoms with Gasteiger partial charge in [0.1, 0.15) is 11.3 Å². The Balaban J connectivity index is 1.62. The molecule has 3 aromatic rings. The Bertz CT molecular complexity index is 1060. The molecule has 0 aliphatic carbocycles. The molecule has 29 heavy (non-hydrogen) atoms. The molecule has 1 aliphatic rings. The van der Waals surface area contributed by atoms with Crippen molar-refractivity contribution in [2.75, 3.05) is 13.7 Å². The molecule has 1 atom stereocenters. The second-order valence-electron chi connectivity index (χ2n) is 7.27. The summed E-state index contributed by atoms with van der Waals surface area (Å²) in [5.74, 6) is 0.564. The van der Waals surface area contributed by atoms with Crippen LogP contribution in [-0.2, 0) is 6.54 Å². The van der Waals surface area contributed by atoms with Crippen LogP contribution in [0.25, 0.3) is 0 Å². The molecule has 4 rings (SSSR count). The van der Waals surface area contributed by atoms with E-state index < -0.39 is 0 Å². The highest BCUT2D eigenvalue weighted by molar-refractivity contribution is 5.94. The van der Waals surface area contributed by atoms with Crippen molar-refractivity contribution in [3.8, 4) is 5.75 Å². The van der Waals surface area contributed by atoms with E-state index in [9.17, 15) is 9.59 Å². The van der Waals surface area contributed by atoms with Crippen molar-refractivity contribution in [1.82, 2.24) is 9.47 Å². The highest BCUT2D eigenvalue weighted by Gasteiger charge is 2.32. The second-order valence-corrected chi connectivity index (χ2v) is 7.27. The van der Waals surface area contributed by atoms with Crippen molar-refractivity contribution in [3.05, 3.63) is 100.0 Å². The zero-order chi connectivity index (χ0) is 20.2. The van der Waals surface area contributed by atoms with Crippen molar-refractivity contribution in [2.24, 2.45) is 0 Å². The van der Waals surface area contributed by atoms with E-state index in [1.54, 1.807) is 30.0 Å². The fraction of sp³-hybridized carbons (Fsp3) is 0.250. The molecule has 1 fully saturated rings. The minimum Gasteiger partial charge on any atom is -0.497 e. The van der Waals surface area contributed by atoms with Gasteiger partial charge in [-0.15, -0.1) is 0 Å². The Morgan fingerprint density at radius 2 is 1.90 bits per heavy atom. The van der Waals surface area contributed by atoms with Crippen molar-refractivity contribution >= 4 is 5.91 Å². The summed E-state index contributed by atoms with van der Waals surface area (Å²) in [5, 5.41) is 0. The molecule has 1 saturated heterocycles. The van der Waals surface area contributed by atoms with E-state index >= 15 is 0 Å². The molecule has 5 heteroatoms. The van der Waals surface area contributed by atoms with Crippen LogP contribution < -0.4 is 10.3 Å². The summed E-state index contributed by atoms with van der Waals surface area (Å²) in [6.45, 7) is 1.09. The molecule has 0 radical (unpaired) electrons. The number of amides is 1. The maximum absolute atomic E-state index is 13.3. The fourth-order valence-electron chi connectivity index (χ4n) is 3.96. The predicted molar refractivity (Wildman–Crippen MR) is 112 cm³/mol. The number of rotatable bonds is 5. The molecule has 1 amide bonds. The first-order valence-corrected chi connectivity index (χ1v) is 9.85. The van der Waals surface area contributed by atoms with Crippen LogP contribution in [0.1, 0.15) is 40.4 Å².